The molecule has 1 amide bonds. The normalized spacial score (nSPS) is 19.0. The molecule has 0 saturated heterocycles. The van der Waals surface area contributed by atoms with E-state index in [0.717, 1.165) is 25.7 Å². The summed E-state index contributed by atoms with van der Waals surface area (Å²) in [7, 11) is 0. The van der Waals surface area contributed by atoms with E-state index in [0.29, 0.717) is 0 Å². The van der Waals surface area contributed by atoms with Crippen LogP contribution in [0.25, 0.3) is 0 Å². The SMILES string of the molecule is CC(C)[C@H](CC(=O)NC1CCCCC1)C(=O)O. The Balaban J connectivity index is 2.38. The molecule has 0 aromatic rings. The summed E-state index contributed by atoms with van der Waals surface area (Å²) in [6.45, 7) is 3.68. The molecule has 0 aromatic heterocycles. The fourth-order valence-corrected chi connectivity index (χ4v) is 2.34. The first-order valence-corrected chi connectivity index (χ1v) is 6.53. The lowest BCUT2D eigenvalue weighted by Crippen LogP contribution is -2.38. The van der Waals surface area contributed by atoms with Gasteiger partial charge in [0, 0.05) is 12.5 Å². The minimum atomic E-state index is -0.876. The van der Waals surface area contributed by atoms with Gasteiger partial charge < -0.3 is 10.4 Å². The number of carboxylic acid groups (broad SMARTS) is 1. The Morgan fingerprint density at radius 1 is 1.24 bits per heavy atom. The van der Waals surface area contributed by atoms with Gasteiger partial charge >= 0.3 is 5.97 Å². The maximum atomic E-state index is 11.8. The summed E-state index contributed by atoms with van der Waals surface area (Å²) in [5.41, 5.74) is 0. The van der Waals surface area contributed by atoms with Crippen LogP contribution in [0.1, 0.15) is 52.4 Å². The number of hydrogen-bond donors (Lipinski definition) is 2. The van der Waals surface area contributed by atoms with Crippen molar-refractivity contribution in [2.75, 3.05) is 0 Å². The molecule has 0 radical (unpaired) electrons. The smallest absolute Gasteiger partial charge is 0.307 e. The van der Waals surface area contributed by atoms with Gasteiger partial charge in [0.25, 0.3) is 0 Å². The van der Waals surface area contributed by atoms with E-state index in [2.05, 4.69) is 5.32 Å². The van der Waals surface area contributed by atoms with Crippen molar-refractivity contribution < 1.29 is 14.7 Å². The number of aliphatic carboxylic acids is 1. The number of carboxylic acids is 1. The van der Waals surface area contributed by atoms with E-state index in [-0.39, 0.29) is 24.3 Å². The van der Waals surface area contributed by atoms with Crippen molar-refractivity contribution in [2.24, 2.45) is 11.8 Å². The zero-order chi connectivity index (χ0) is 12.8. The van der Waals surface area contributed by atoms with Crippen molar-refractivity contribution in [1.29, 1.82) is 0 Å². The van der Waals surface area contributed by atoms with Crippen LogP contribution in [-0.2, 0) is 9.59 Å². The standard InChI is InChI=1S/C13H23NO3/c1-9(2)11(13(16)17)8-12(15)14-10-6-4-3-5-7-10/h9-11H,3-8H2,1-2H3,(H,14,15)(H,16,17)/t11-/m0/s1. The molecule has 1 rings (SSSR count). The summed E-state index contributed by atoms with van der Waals surface area (Å²) in [6.07, 6.45) is 5.74. The van der Waals surface area contributed by atoms with Gasteiger partial charge in [-0.15, -0.1) is 0 Å². The molecule has 4 nitrogen and oxygen atoms in total. The van der Waals surface area contributed by atoms with Gasteiger partial charge in [-0.3, -0.25) is 9.59 Å². The number of carbonyl (C=O) groups is 2. The second kappa shape index (κ2) is 6.62. The number of nitrogens with one attached hydrogen (secondary N) is 1. The largest absolute Gasteiger partial charge is 0.481 e. The molecule has 0 aliphatic heterocycles. The maximum Gasteiger partial charge on any atom is 0.307 e. The predicted octanol–water partition coefficient (Wildman–Crippen LogP) is 2.18. The molecule has 0 heterocycles. The van der Waals surface area contributed by atoms with Crippen molar-refractivity contribution in [3.05, 3.63) is 0 Å². The zero-order valence-electron chi connectivity index (χ0n) is 10.7. The van der Waals surface area contributed by atoms with Crippen LogP contribution < -0.4 is 5.32 Å². The van der Waals surface area contributed by atoms with E-state index < -0.39 is 11.9 Å². The van der Waals surface area contributed by atoms with Crippen LogP contribution in [0.5, 0.6) is 0 Å². The lowest BCUT2D eigenvalue weighted by Gasteiger charge is -2.24. The van der Waals surface area contributed by atoms with Crippen molar-refractivity contribution in [3.63, 3.8) is 0 Å². The summed E-state index contributed by atoms with van der Waals surface area (Å²) < 4.78 is 0. The van der Waals surface area contributed by atoms with Crippen molar-refractivity contribution in [1.82, 2.24) is 5.32 Å². The Kier molecular flexibility index (Phi) is 5.45. The second-order valence-electron chi connectivity index (χ2n) is 5.30. The monoisotopic (exact) mass is 241 g/mol. The highest BCUT2D eigenvalue weighted by molar-refractivity contribution is 5.82. The second-order valence-corrected chi connectivity index (χ2v) is 5.30. The van der Waals surface area contributed by atoms with Gasteiger partial charge in [0.1, 0.15) is 0 Å². The molecule has 1 saturated carbocycles. The maximum absolute atomic E-state index is 11.8. The Bertz CT molecular complexity index is 270. The van der Waals surface area contributed by atoms with E-state index in [1.165, 1.54) is 6.42 Å². The predicted molar refractivity (Wildman–Crippen MR) is 65.6 cm³/mol. The van der Waals surface area contributed by atoms with E-state index in [4.69, 9.17) is 5.11 Å². The molecule has 1 atom stereocenters. The van der Waals surface area contributed by atoms with E-state index >= 15 is 0 Å². The summed E-state index contributed by atoms with van der Waals surface area (Å²) >= 11 is 0. The van der Waals surface area contributed by atoms with Gasteiger partial charge in [-0.05, 0) is 18.8 Å². The Morgan fingerprint density at radius 2 is 1.82 bits per heavy atom. The number of carbonyl (C=O) groups excluding carboxylic acids is 1. The average Bonchev–Trinajstić information content (AvgIpc) is 2.26. The summed E-state index contributed by atoms with van der Waals surface area (Å²) in [5.74, 6) is -1.57. The van der Waals surface area contributed by atoms with E-state index in [1.807, 2.05) is 13.8 Å². The summed E-state index contributed by atoms with van der Waals surface area (Å²) in [6, 6.07) is 0.262. The third-order valence-corrected chi connectivity index (χ3v) is 3.50. The Hall–Kier alpha value is -1.06. The quantitative estimate of drug-likeness (QED) is 0.775. The topological polar surface area (TPSA) is 66.4 Å². The highest BCUT2D eigenvalue weighted by Crippen LogP contribution is 2.19. The van der Waals surface area contributed by atoms with Gasteiger partial charge in [-0.1, -0.05) is 33.1 Å². The van der Waals surface area contributed by atoms with Gasteiger partial charge in [0.15, 0.2) is 0 Å². The molecular weight excluding hydrogens is 218 g/mol. The van der Waals surface area contributed by atoms with Crippen LogP contribution in [0.4, 0.5) is 0 Å². The molecule has 0 bridgehead atoms. The number of rotatable bonds is 5. The first kappa shape index (κ1) is 14.0. The van der Waals surface area contributed by atoms with Gasteiger partial charge in [-0.2, -0.15) is 0 Å². The third kappa shape index (κ3) is 4.75. The molecule has 0 aromatic carbocycles. The van der Waals surface area contributed by atoms with Gasteiger partial charge in [0.2, 0.25) is 5.91 Å². The van der Waals surface area contributed by atoms with Crippen LogP contribution in [-0.4, -0.2) is 23.0 Å². The molecule has 2 N–H and O–H groups in total. The highest BCUT2D eigenvalue weighted by atomic mass is 16.4. The van der Waals surface area contributed by atoms with Gasteiger partial charge in [0.05, 0.1) is 5.92 Å². The van der Waals surface area contributed by atoms with Crippen molar-refractivity contribution in [2.45, 2.75) is 58.4 Å². The Morgan fingerprint density at radius 3 is 2.29 bits per heavy atom. The van der Waals surface area contributed by atoms with Crippen molar-refractivity contribution in [3.8, 4) is 0 Å². The van der Waals surface area contributed by atoms with Crippen LogP contribution in [0, 0.1) is 11.8 Å². The first-order valence-electron chi connectivity index (χ1n) is 6.53. The molecule has 0 spiro atoms. The fourth-order valence-electron chi connectivity index (χ4n) is 2.34. The van der Waals surface area contributed by atoms with Crippen LogP contribution in [0.2, 0.25) is 0 Å². The third-order valence-electron chi connectivity index (χ3n) is 3.50. The average molecular weight is 241 g/mol. The van der Waals surface area contributed by atoms with Crippen LogP contribution >= 0.6 is 0 Å². The van der Waals surface area contributed by atoms with Crippen molar-refractivity contribution >= 4 is 11.9 Å². The van der Waals surface area contributed by atoms with E-state index in [1.54, 1.807) is 0 Å². The number of hydrogen-bond acceptors (Lipinski definition) is 2. The van der Waals surface area contributed by atoms with Crippen LogP contribution in [0.15, 0.2) is 0 Å². The molecule has 4 heteroatoms. The minimum Gasteiger partial charge on any atom is -0.481 e. The molecule has 0 unspecified atom stereocenters. The van der Waals surface area contributed by atoms with E-state index in [9.17, 15) is 9.59 Å². The molecule has 17 heavy (non-hydrogen) atoms. The molecule has 1 fully saturated rings. The Labute approximate surface area is 103 Å². The van der Waals surface area contributed by atoms with Crippen LogP contribution in [0.3, 0.4) is 0 Å². The highest BCUT2D eigenvalue weighted by Gasteiger charge is 2.25. The molecular formula is C13H23NO3. The fraction of sp³-hybridized carbons (Fsp3) is 0.846. The minimum absolute atomic E-state index is 0.00962. The zero-order valence-corrected chi connectivity index (χ0v) is 10.7. The van der Waals surface area contributed by atoms with Gasteiger partial charge in [-0.25, -0.2) is 0 Å². The summed E-state index contributed by atoms with van der Waals surface area (Å²) in [5, 5.41) is 12.0. The lowest BCUT2D eigenvalue weighted by molar-refractivity contribution is -0.145. The first-order chi connectivity index (χ1) is 8.00. The summed E-state index contributed by atoms with van der Waals surface area (Å²) in [4.78, 5) is 22.7. The molecule has 1 aliphatic rings. The molecule has 98 valence electrons. The molecule has 1 aliphatic carbocycles. The number of amides is 1. The lowest BCUT2D eigenvalue weighted by atomic mass is 9.91.